The number of rotatable bonds is 5. The summed E-state index contributed by atoms with van der Waals surface area (Å²) >= 11 is 19.0. The molecule has 2 N–H and O–H groups in total. The molecule has 4 aliphatic heterocycles. The molecular formula is C30H26Cl2N4O2S4. The van der Waals surface area contributed by atoms with Crippen molar-refractivity contribution in [2.24, 2.45) is 9.98 Å². The van der Waals surface area contributed by atoms with Crippen LogP contribution in [0.2, 0.25) is 10.0 Å². The minimum absolute atomic E-state index is 0.170. The summed E-state index contributed by atoms with van der Waals surface area (Å²) in [5, 5.41) is 25.3. The lowest BCUT2D eigenvalue weighted by Gasteiger charge is -2.16. The van der Waals surface area contributed by atoms with Gasteiger partial charge in [0.05, 0.1) is 40.3 Å². The van der Waals surface area contributed by atoms with Gasteiger partial charge in [0.2, 0.25) is 0 Å². The zero-order valence-corrected chi connectivity index (χ0v) is 27.3. The third kappa shape index (κ3) is 5.30. The van der Waals surface area contributed by atoms with Gasteiger partial charge >= 0.3 is 0 Å². The number of fused-ring (bicyclic) bond motifs is 4. The Morgan fingerprint density at radius 3 is 1.93 bits per heavy atom. The zero-order chi connectivity index (χ0) is 29.0. The molecule has 4 aromatic rings. The molecule has 6 nitrogen and oxygen atoms in total. The number of aliphatic hydroxyl groups excluding tert-OH is 2. The van der Waals surface area contributed by atoms with Crippen molar-refractivity contribution in [1.82, 2.24) is 9.80 Å². The summed E-state index contributed by atoms with van der Waals surface area (Å²) in [5.74, 6) is 0. The van der Waals surface area contributed by atoms with Gasteiger partial charge < -0.3 is 20.0 Å². The standard InChI is InChI=1S/2C15H13ClN2OS2/c1-8(19)14-13(18-5-4-17-15(18)21-14)12-7-9-6-10(16)2-3-11(9)20-12;16-10-1-2-11-9(7-10)8-13(20-11)14-12(3-6-19)21-15-17-4-5-18(14)15/h2-3,6-8,19H,4-5H2,1H3;1-2,7-8,19H,3-6H2. The number of nitrogens with zero attached hydrogens (tertiary/aromatic N) is 4. The van der Waals surface area contributed by atoms with E-state index in [0.717, 1.165) is 62.5 Å². The lowest BCUT2D eigenvalue weighted by atomic mass is 10.2. The van der Waals surface area contributed by atoms with Crippen molar-refractivity contribution in [3.05, 3.63) is 78.1 Å². The predicted octanol–water partition coefficient (Wildman–Crippen LogP) is 8.05. The molecule has 1 unspecified atom stereocenters. The van der Waals surface area contributed by atoms with E-state index >= 15 is 0 Å². The van der Waals surface area contributed by atoms with Gasteiger partial charge in [-0.25, -0.2) is 0 Å². The summed E-state index contributed by atoms with van der Waals surface area (Å²) in [6.45, 7) is 5.49. The van der Waals surface area contributed by atoms with Crippen LogP contribution in [0.15, 0.2) is 68.3 Å². The second kappa shape index (κ2) is 11.8. The van der Waals surface area contributed by atoms with E-state index < -0.39 is 6.10 Å². The monoisotopic (exact) mass is 672 g/mol. The Morgan fingerprint density at radius 1 is 0.810 bits per heavy atom. The molecule has 0 amide bonds. The van der Waals surface area contributed by atoms with Crippen molar-refractivity contribution in [2.75, 3.05) is 32.8 Å². The van der Waals surface area contributed by atoms with Crippen LogP contribution >= 0.6 is 69.4 Å². The first-order valence-corrected chi connectivity index (χ1v) is 17.6. The number of hydrogen-bond donors (Lipinski definition) is 2. The Kier molecular flexibility index (Phi) is 8.08. The van der Waals surface area contributed by atoms with E-state index in [-0.39, 0.29) is 6.61 Å². The van der Waals surface area contributed by atoms with Gasteiger partial charge in [-0.3, -0.25) is 9.98 Å². The average Bonchev–Trinajstić information content (AvgIpc) is 3.77. The molecule has 0 aliphatic carbocycles. The van der Waals surface area contributed by atoms with Crippen LogP contribution in [0.25, 0.3) is 31.6 Å². The van der Waals surface area contributed by atoms with Crippen molar-refractivity contribution in [3.8, 4) is 0 Å². The molecule has 4 aliphatic rings. The van der Waals surface area contributed by atoms with E-state index in [0.29, 0.717) is 6.42 Å². The van der Waals surface area contributed by atoms with E-state index in [2.05, 4.69) is 44.1 Å². The van der Waals surface area contributed by atoms with Crippen molar-refractivity contribution in [2.45, 2.75) is 19.4 Å². The second-order valence-electron chi connectivity index (χ2n) is 10.1. The first kappa shape index (κ1) is 28.7. The fourth-order valence-corrected chi connectivity index (χ4v) is 10.4. The summed E-state index contributed by atoms with van der Waals surface area (Å²) in [4.78, 5) is 18.2. The molecule has 0 bridgehead atoms. The molecule has 1 atom stereocenters. The fourth-order valence-electron chi connectivity index (χ4n) is 5.37. The molecule has 0 saturated carbocycles. The molecular weight excluding hydrogens is 648 g/mol. The lowest BCUT2D eigenvalue weighted by Crippen LogP contribution is -2.19. The van der Waals surface area contributed by atoms with Gasteiger partial charge in [0.25, 0.3) is 0 Å². The summed E-state index contributed by atoms with van der Waals surface area (Å²) in [7, 11) is 0. The molecule has 216 valence electrons. The normalized spacial score (nSPS) is 18.6. The van der Waals surface area contributed by atoms with E-state index in [4.69, 9.17) is 23.2 Å². The van der Waals surface area contributed by atoms with Gasteiger partial charge in [0.15, 0.2) is 10.3 Å². The number of amidine groups is 2. The zero-order valence-electron chi connectivity index (χ0n) is 22.5. The number of halogens is 2. The minimum atomic E-state index is -0.480. The Morgan fingerprint density at radius 2 is 1.36 bits per heavy atom. The molecule has 42 heavy (non-hydrogen) atoms. The Balaban J connectivity index is 0.000000137. The maximum absolute atomic E-state index is 10.1. The van der Waals surface area contributed by atoms with Crippen LogP contribution in [0.5, 0.6) is 0 Å². The van der Waals surface area contributed by atoms with E-state index in [1.54, 1.807) is 46.2 Å². The number of thiophene rings is 2. The third-order valence-electron chi connectivity index (χ3n) is 7.20. The fraction of sp³-hybridized carbons (Fsp3) is 0.267. The molecule has 2 aromatic heterocycles. The average molecular weight is 674 g/mol. The number of aliphatic imine (C=N–C) groups is 2. The summed E-state index contributed by atoms with van der Waals surface area (Å²) < 4.78 is 2.45. The van der Waals surface area contributed by atoms with Crippen molar-refractivity contribution in [1.29, 1.82) is 0 Å². The molecule has 0 radical (unpaired) electrons. The summed E-state index contributed by atoms with van der Waals surface area (Å²) in [6, 6.07) is 16.3. The molecule has 6 heterocycles. The van der Waals surface area contributed by atoms with Crippen LogP contribution in [0.1, 0.15) is 23.1 Å². The largest absolute Gasteiger partial charge is 0.396 e. The third-order valence-corrected chi connectivity index (χ3v) is 12.4. The van der Waals surface area contributed by atoms with Gasteiger partial charge in [0.1, 0.15) is 0 Å². The molecule has 0 fully saturated rings. The van der Waals surface area contributed by atoms with Crippen molar-refractivity contribution in [3.63, 3.8) is 0 Å². The first-order chi connectivity index (χ1) is 20.4. The van der Waals surface area contributed by atoms with Gasteiger partial charge in [-0.05, 0) is 66.2 Å². The van der Waals surface area contributed by atoms with Crippen LogP contribution in [0.3, 0.4) is 0 Å². The molecule has 8 rings (SSSR count). The number of thioether (sulfide) groups is 2. The number of aliphatic hydroxyl groups is 2. The highest BCUT2D eigenvalue weighted by Crippen LogP contribution is 2.47. The molecule has 2 aromatic carbocycles. The van der Waals surface area contributed by atoms with Crippen LogP contribution in [0.4, 0.5) is 0 Å². The van der Waals surface area contributed by atoms with Gasteiger partial charge in [0, 0.05) is 55.4 Å². The Labute approximate surface area is 270 Å². The maximum Gasteiger partial charge on any atom is 0.168 e. The highest BCUT2D eigenvalue weighted by Gasteiger charge is 2.36. The molecule has 0 spiro atoms. The van der Waals surface area contributed by atoms with Gasteiger partial charge in [-0.15, -0.1) is 22.7 Å². The van der Waals surface area contributed by atoms with Crippen LogP contribution in [-0.4, -0.2) is 69.2 Å². The predicted molar refractivity (Wildman–Crippen MR) is 184 cm³/mol. The van der Waals surface area contributed by atoms with E-state index in [1.165, 1.54) is 35.1 Å². The topological polar surface area (TPSA) is 71.7 Å². The van der Waals surface area contributed by atoms with Gasteiger partial charge in [-0.1, -0.05) is 46.7 Å². The quantitative estimate of drug-likeness (QED) is 0.224. The van der Waals surface area contributed by atoms with E-state index in [1.807, 2.05) is 31.2 Å². The number of hydrogen-bond acceptors (Lipinski definition) is 10. The van der Waals surface area contributed by atoms with Crippen LogP contribution in [-0.2, 0) is 0 Å². The highest BCUT2D eigenvalue weighted by molar-refractivity contribution is 8.18. The second-order valence-corrected chi connectivity index (χ2v) is 15.2. The van der Waals surface area contributed by atoms with Gasteiger partial charge in [-0.2, -0.15) is 0 Å². The van der Waals surface area contributed by atoms with Crippen molar-refractivity contribution < 1.29 is 10.2 Å². The summed E-state index contributed by atoms with van der Waals surface area (Å²) in [5.41, 5.74) is 2.34. The Hall–Kier alpha value is -2.02. The van der Waals surface area contributed by atoms with Crippen LogP contribution in [0, 0.1) is 0 Å². The Bertz CT molecular complexity index is 1840. The van der Waals surface area contributed by atoms with E-state index in [9.17, 15) is 10.2 Å². The smallest absolute Gasteiger partial charge is 0.168 e. The van der Waals surface area contributed by atoms with Crippen molar-refractivity contribution >= 4 is 111 Å². The van der Waals surface area contributed by atoms with Crippen LogP contribution < -0.4 is 0 Å². The highest BCUT2D eigenvalue weighted by atomic mass is 35.5. The molecule has 0 saturated heterocycles. The lowest BCUT2D eigenvalue weighted by molar-refractivity contribution is 0.240. The minimum Gasteiger partial charge on any atom is -0.396 e. The SMILES string of the molecule is CC(O)C1=C(c2cc3cc(Cl)ccc3s2)N2CCN=C2S1.OCCC1=C(c2cc3cc(Cl)ccc3s2)N2CCN=C2S1. The maximum atomic E-state index is 10.1. The first-order valence-electron chi connectivity index (χ1n) is 13.5. The number of benzene rings is 2. The molecule has 12 heteroatoms. The summed E-state index contributed by atoms with van der Waals surface area (Å²) in [6.07, 6.45) is 0.206.